The summed E-state index contributed by atoms with van der Waals surface area (Å²) in [6.07, 6.45) is 0.498. The van der Waals surface area contributed by atoms with Gasteiger partial charge in [-0.25, -0.2) is 0 Å². The van der Waals surface area contributed by atoms with Crippen molar-refractivity contribution in [1.29, 1.82) is 0 Å². The Labute approximate surface area is 117 Å². The van der Waals surface area contributed by atoms with Crippen molar-refractivity contribution in [2.45, 2.75) is 58.3 Å². The number of hydrogen-bond acceptors (Lipinski definition) is 4. The van der Waals surface area contributed by atoms with Gasteiger partial charge in [0.25, 0.3) is 0 Å². The molecule has 1 fully saturated rings. The maximum absolute atomic E-state index is 11.9. The predicted molar refractivity (Wildman–Crippen MR) is 79.0 cm³/mol. The molecule has 3 unspecified atom stereocenters. The fourth-order valence-electron chi connectivity index (χ4n) is 2.70. The van der Waals surface area contributed by atoms with Crippen molar-refractivity contribution >= 4 is 5.91 Å². The van der Waals surface area contributed by atoms with E-state index < -0.39 is 0 Å². The second kappa shape index (κ2) is 7.22. The molecule has 0 bridgehead atoms. The first-order valence-corrected chi connectivity index (χ1v) is 7.30. The molecule has 0 aromatic heterocycles. The Hall–Kier alpha value is -0.650. The van der Waals surface area contributed by atoms with Crippen LogP contribution >= 0.6 is 0 Å². The number of carbonyl (C=O) groups is 1. The summed E-state index contributed by atoms with van der Waals surface area (Å²) >= 11 is 0. The van der Waals surface area contributed by atoms with Crippen molar-refractivity contribution in [3.05, 3.63) is 0 Å². The van der Waals surface area contributed by atoms with Gasteiger partial charge in [-0.2, -0.15) is 0 Å². The molecule has 0 radical (unpaired) electrons. The van der Waals surface area contributed by atoms with Crippen LogP contribution < -0.4 is 11.1 Å². The average Bonchev–Trinajstić information content (AvgIpc) is 2.31. The molecule has 112 valence electrons. The zero-order valence-corrected chi connectivity index (χ0v) is 13.0. The fourth-order valence-corrected chi connectivity index (χ4v) is 2.70. The second-order valence-electron chi connectivity index (χ2n) is 6.13. The maximum Gasteiger partial charge on any atom is 0.221 e. The van der Waals surface area contributed by atoms with E-state index in [0.717, 1.165) is 13.1 Å². The topological polar surface area (TPSA) is 61.6 Å². The van der Waals surface area contributed by atoms with E-state index in [9.17, 15) is 4.79 Å². The van der Waals surface area contributed by atoms with Gasteiger partial charge >= 0.3 is 0 Å². The van der Waals surface area contributed by atoms with Crippen molar-refractivity contribution in [2.24, 2.45) is 5.73 Å². The summed E-state index contributed by atoms with van der Waals surface area (Å²) in [4.78, 5) is 16.6. The Morgan fingerprint density at radius 2 is 1.84 bits per heavy atom. The summed E-state index contributed by atoms with van der Waals surface area (Å²) in [6.45, 7) is 10.9. The molecule has 1 aliphatic rings. The summed E-state index contributed by atoms with van der Waals surface area (Å²) in [5.41, 5.74) is 5.87. The van der Waals surface area contributed by atoms with Crippen molar-refractivity contribution in [3.8, 4) is 0 Å². The highest BCUT2D eigenvalue weighted by atomic mass is 16.1. The molecule has 0 aromatic carbocycles. The van der Waals surface area contributed by atoms with Crippen LogP contribution in [0.1, 0.15) is 34.1 Å². The molecule has 0 aromatic rings. The zero-order valence-electron chi connectivity index (χ0n) is 13.0. The monoisotopic (exact) mass is 270 g/mol. The Balaban J connectivity index is 2.57. The van der Waals surface area contributed by atoms with Gasteiger partial charge in [0.15, 0.2) is 0 Å². The molecule has 19 heavy (non-hydrogen) atoms. The molecule has 0 saturated carbocycles. The van der Waals surface area contributed by atoms with E-state index in [1.807, 2.05) is 13.8 Å². The lowest BCUT2D eigenvalue weighted by molar-refractivity contribution is -0.123. The Bertz CT molecular complexity index is 283. The Morgan fingerprint density at radius 3 is 2.26 bits per heavy atom. The third kappa shape index (κ3) is 4.75. The van der Waals surface area contributed by atoms with Crippen molar-refractivity contribution < 1.29 is 4.79 Å². The number of nitrogens with one attached hydrogen (secondary N) is 1. The molecular formula is C14H30N4O. The van der Waals surface area contributed by atoms with E-state index in [0.29, 0.717) is 25.0 Å². The quantitative estimate of drug-likeness (QED) is 0.752. The van der Waals surface area contributed by atoms with E-state index in [2.05, 4.69) is 36.0 Å². The van der Waals surface area contributed by atoms with Crippen LogP contribution in [0.25, 0.3) is 0 Å². The highest BCUT2D eigenvalue weighted by Gasteiger charge is 2.31. The lowest BCUT2D eigenvalue weighted by Gasteiger charge is -2.45. The smallest absolute Gasteiger partial charge is 0.221 e. The van der Waals surface area contributed by atoms with Crippen LogP contribution in [0.4, 0.5) is 0 Å². The van der Waals surface area contributed by atoms with Gasteiger partial charge in [0.1, 0.15) is 0 Å². The molecule has 1 saturated heterocycles. The molecule has 5 heteroatoms. The summed E-state index contributed by atoms with van der Waals surface area (Å²) < 4.78 is 0. The minimum atomic E-state index is 0.102. The molecular weight excluding hydrogens is 240 g/mol. The van der Waals surface area contributed by atoms with Gasteiger partial charge in [0.2, 0.25) is 5.91 Å². The van der Waals surface area contributed by atoms with Crippen LogP contribution in [0.2, 0.25) is 0 Å². The largest absolute Gasteiger partial charge is 0.354 e. The minimum Gasteiger partial charge on any atom is -0.354 e. The van der Waals surface area contributed by atoms with Gasteiger partial charge < -0.3 is 11.1 Å². The first-order valence-electron chi connectivity index (χ1n) is 7.30. The third-order valence-electron chi connectivity index (χ3n) is 4.05. The molecule has 5 nitrogen and oxygen atoms in total. The van der Waals surface area contributed by atoms with Crippen LogP contribution in [0, 0.1) is 0 Å². The number of amides is 1. The number of carbonyl (C=O) groups excluding carboxylic acids is 1. The summed E-state index contributed by atoms with van der Waals surface area (Å²) in [5, 5.41) is 2.95. The molecule has 0 spiro atoms. The van der Waals surface area contributed by atoms with Gasteiger partial charge in [0, 0.05) is 50.2 Å². The van der Waals surface area contributed by atoms with Gasteiger partial charge in [-0.3, -0.25) is 14.6 Å². The SMILES string of the molecule is CC(C)NC(=O)CC(CN)N1CC(C)N(C)C(C)C1. The molecule has 1 amide bonds. The first kappa shape index (κ1) is 16.4. The number of nitrogens with two attached hydrogens (primary N) is 1. The highest BCUT2D eigenvalue weighted by Crippen LogP contribution is 2.17. The molecule has 0 aliphatic carbocycles. The summed E-state index contributed by atoms with van der Waals surface area (Å²) in [5.74, 6) is 0.102. The van der Waals surface area contributed by atoms with Crippen molar-refractivity contribution in [1.82, 2.24) is 15.1 Å². The summed E-state index contributed by atoms with van der Waals surface area (Å²) in [7, 11) is 2.16. The Morgan fingerprint density at radius 1 is 1.32 bits per heavy atom. The number of rotatable bonds is 5. The van der Waals surface area contributed by atoms with Crippen molar-refractivity contribution in [2.75, 3.05) is 26.7 Å². The predicted octanol–water partition coefficient (Wildman–Crippen LogP) is 0.253. The fraction of sp³-hybridized carbons (Fsp3) is 0.929. The normalized spacial score (nSPS) is 27.5. The highest BCUT2D eigenvalue weighted by molar-refractivity contribution is 5.76. The molecule has 1 aliphatic heterocycles. The number of nitrogens with zero attached hydrogens (tertiary/aromatic N) is 2. The van der Waals surface area contributed by atoms with E-state index in [1.165, 1.54) is 0 Å². The lowest BCUT2D eigenvalue weighted by Crippen LogP contribution is -2.59. The standard InChI is InChI=1S/C14H30N4O/c1-10(2)16-14(19)6-13(7-15)18-8-11(3)17(5)12(4)9-18/h10-13H,6-9,15H2,1-5H3,(H,16,19). The van der Waals surface area contributed by atoms with Crippen molar-refractivity contribution in [3.63, 3.8) is 0 Å². The number of hydrogen-bond donors (Lipinski definition) is 2. The number of likely N-dealkylation sites (N-methyl/N-ethyl adjacent to an activating group) is 1. The van der Waals surface area contributed by atoms with Crippen LogP contribution in [0.15, 0.2) is 0 Å². The van der Waals surface area contributed by atoms with Gasteiger partial charge in [-0.05, 0) is 34.7 Å². The molecule has 3 atom stereocenters. The lowest BCUT2D eigenvalue weighted by atomic mass is 10.0. The van der Waals surface area contributed by atoms with E-state index in [1.54, 1.807) is 0 Å². The molecule has 1 heterocycles. The van der Waals surface area contributed by atoms with Crippen LogP contribution in [0.5, 0.6) is 0 Å². The van der Waals surface area contributed by atoms with Gasteiger partial charge in [0.05, 0.1) is 0 Å². The van der Waals surface area contributed by atoms with Gasteiger partial charge in [-0.15, -0.1) is 0 Å². The van der Waals surface area contributed by atoms with Crippen LogP contribution in [-0.4, -0.2) is 66.6 Å². The molecule has 1 rings (SSSR count). The molecule has 3 N–H and O–H groups in total. The first-order chi connectivity index (χ1) is 8.85. The Kier molecular flexibility index (Phi) is 6.23. The van der Waals surface area contributed by atoms with E-state index in [-0.39, 0.29) is 18.0 Å². The van der Waals surface area contributed by atoms with E-state index in [4.69, 9.17) is 5.73 Å². The van der Waals surface area contributed by atoms with Crippen LogP contribution in [-0.2, 0) is 4.79 Å². The van der Waals surface area contributed by atoms with Crippen LogP contribution in [0.3, 0.4) is 0 Å². The summed E-state index contributed by atoms with van der Waals surface area (Å²) in [6, 6.07) is 1.35. The average molecular weight is 270 g/mol. The maximum atomic E-state index is 11.9. The zero-order chi connectivity index (χ0) is 14.6. The third-order valence-corrected chi connectivity index (χ3v) is 4.05. The van der Waals surface area contributed by atoms with E-state index >= 15 is 0 Å². The minimum absolute atomic E-state index is 0.102. The second-order valence-corrected chi connectivity index (χ2v) is 6.13. The van der Waals surface area contributed by atoms with Gasteiger partial charge in [-0.1, -0.05) is 0 Å². The number of piperazine rings is 1.